The van der Waals surface area contributed by atoms with Crippen LogP contribution in [-0.2, 0) is 12.8 Å². The Morgan fingerprint density at radius 3 is 2.43 bits per heavy atom. The molecule has 0 N–H and O–H groups in total. The molecule has 0 aliphatic heterocycles. The number of fused-ring (bicyclic) bond motifs is 1. The molecule has 0 saturated heterocycles. The Kier molecular flexibility index (Phi) is 4.26. The van der Waals surface area contributed by atoms with Crippen molar-refractivity contribution >= 4 is 26.7 Å². The van der Waals surface area contributed by atoms with Crippen LogP contribution in [0, 0.1) is 0 Å². The van der Waals surface area contributed by atoms with E-state index >= 15 is 0 Å². The Morgan fingerprint density at radius 1 is 1.00 bits per heavy atom. The van der Waals surface area contributed by atoms with Gasteiger partial charge in [0.15, 0.2) is 0 Å². The van der Waals surface area contributed by atoms with Gasteiger partial charge in [-0.3, -0.25) is 4.98 Å². The van der Waals surface area contributed by atoms with Crippen LogP contribution >= 0.6 is 15.9 Å². The molecule has 0 atom stereocenters. The monoisotopic (exact) mass is 381 g/mol. The van der Waals surface area contributed by atoms with E-state index in [2.05, 4.69) is 20.9 Å². The summed E-state index contributed by atoms with van der Waals surface area (Å²) in [6.07, 6.45) is -2.66. The van der Waals surface area contributed by atoms with Crippen molar-refractivity contribution in [1.29, 1.82) is 0 Å². The van der Waals surface area contributed by atoms with Gasteiger partial charge in [-0.1, -0.05) is 22.0 Å². The third-order valence-corrected chi connectivity index (χ3v) is 3.86. The van der Waals surface area contributed by atoms with Crippen molar-refractivity contribution < 1.29 is 17.9 Å². The Balaban J connectivity index is 1.78. The van der Waals surface area contributed by atoms with E-state index in [1.54, 1.807) is 6.20 Å². The van der Waals surface area contributed by atoms with Crippen LogP contribution in [0.2, 0.25) is 0 Å². The molecular formula is C17H11BrF3NO. The lowest BCUT2D eigenvalue weighted by Gasteiger charge is -2.10. The van der Waals surface area contributed by atoms with Crippen molar-refractivity contribution in [2.75, 3.05) is 0 Å². The van der Waals surface area contributed by atoms with Gasteiger partial charge in [0, 0.05) is 16.1 Å². The predicted molar refractivity (Wildman–Crippen MR) is 85.2 cm³/mol. The van der Waals surface area contributed by atoms with Crippen molar-refractivity contribution in [2.24, 2.45) is 0 Å². The van der Waals surface area contributed by atoms with Crippen LogP contribution in [0.5, 0.6) is 5.75 Å². The van der Waals surface area contributed by atoms with E-state index in [1.165, 1.54) is 12.1 Å². The highest BCUT2D eigenvalue weighted by Crippen LogP contribution is 2.30. The SMILES string of the molecule is FC(F)(F)c1ccc(OCc2nccc3cc(Br)ccc23)cc1. The number of benzene rings is 2. The van der Waals surface area contributed by atoms with Crippen molar-refractivity contribution in [2.45, 2.75) is 12.8 Å². The predicted octanol–water partition coefficient (Wildman–Crippen LogP) is 5.60. The number of ether oxygens (including phenoxy) is 1. The Bertz CT molecular complexity index is 831. The number of pyridine rings is 1. The van der Waals surface area contributed by atoms with Crippen molar-refractivity contribution in [3.05, 3.63) is 70.5 Å². The number of halogens is 4. The molecule has 0 bridgehead atoms. The molecule has 3 aromatic rings. The molecule has 2 aromatic carbocycles. The second-order valence-electron chi connectivity index (χ2n) is 4.93. The summed E-state index contributed by atoms with van der Waals surface area (Å²) in [7, 11) is 0. The van der Waals surface area contributed by atoms with E-state index in [1.807, 2.05) is 24.3 Å². The average molecular weight is 382 g/mol. The maximum atomic E-state index is 12.5. The van der Waals surface area contributed by atoms with Crippen LogP contribution in [-0.4, -0.2) is 4.98 Å². The number of hydrogen-bond donors (Lipinski definition) is 0. The third-order valence-electron chi connectivity index (χ3n) is 3.37. The molecule has 6 heteroatoms. The average Bonchev–Trinajstić information content (AvgIpc) is 2.52. The highest BCUT2D eigenvalue weighted by molar-refractivity contribution is 9.10. The first-order chi connectivity index (χ1) is 10.9. The third kappa shape index (κ3) is 3.64. The molecule has 0 aliphatic rings. The zero-order valence-electron chi connectivity index (χ0n) is 11.8. The standard InChI is InChI=1S/C17H11BrF3NO/c18-13-3-6-15-11(9-13)7-8-22-16(15)10-23-14-4-1-12(2-5-14)17(19,20)21/h1-9H,10H2. The first-order valence-electron chi connectivity index (χ1n) is 6.77. The zero-order valence-corrected chi connectivity index (χ0v) is 13.4. The number of aromatic nitrogens is 1. The van der Waals surface area contributed by atoms with Crippen molar-refractivity contribution in [3.63, 3.8) is 0 Å². The van der Waals surface area contributed by atoms with Gasteiger partial charge in [-0.15, -0.1) is 0 Å². The van der Waals surface area contributed by atoms with Crippen LogP contribution in [0.25, 0.3) is 10.8 Å². The molecule has 0 aliphatic carbocycles. The minimum absolute atomic E-state index is 0.185. The summed E-state index contributed by atoms with van der Waals surface area (Å²) in [5.74, 6) is 0.369. The molecular weight excluding hydrogens is 371 g/mol. The fourth-order valence-electron chi connectivity index (χ4n) is 2.22. The lowest BCUT2D eigenvalue weighted by Crippen LogP contribution is -2.04. The molecule has 0 radical (unpaired) electrons. The topological polar surface area (TPSA) is 22.1 Å². The lowest BCUT2D eigenvalue weighted by atomic mass is 10.1. The van der Waals surface area contributed by atoms with Crippen molar-refractivity contribution in [1.82, 2.24) is 4.98 Å². The Labute approximate surface area is 139 Å². The summed E-state index contributed by atoms with van der Waals surface area (Å²) < 4.78 is 44.1. The molecule has 0 unspecified atom stereocenters. The van der Waals surface area contributed by atoms with Gasteiger partial charge in [0.05, 0.1) is 11.3 Å². The first-order valence-corrected chi connectivity index (χ1v) is 7.56. The van der Waals surface area contributed by atoms with Crippen LogP contribution in [0.1, 0.15) is 11.3 Å². The van der Waals surface area contributed by atoms with Crippen LogP contribution in [0.3, 0.4) is 0 Å². The quantitative estimate of drug-likeness (QED) is 0.589. The van der Waals surface area contributed by atoms with E-state index in [4.69, 9.17) is 4.74 Å². The normalized spacial score (nSPS) is 11.7. The molecule has 0 saturated carbocycles. The van der Waals surface area contributed by atoms with E-state index in [9.17, 15) is 13.2 Å². The summed E-state index contributed by atoms with van der Waals surface area (Å²) in [6, 6.07) is 12.3. The molecule has 3 rings (SSSR count). The van der Waals surface area contributed by atoms with Gasteiger partial charge in [-0.05, 0) is 47.9 Å². The van der Waals surface area contributed by atoms with Gasteiger partial charge in [-0.25, -0.2) is 0 Å². The highest BCUT2D eigenvalue weighted by atomic mass is 79.9. The number of hydrogen-bond acceptors (Lipinski definition) is 2. The summed E-state index contributed by atoms with van der Waals surface area (Å²) in [5, 5.41) is 1.96. The summed E-state index contributed by atoms with van der Waals surface area (Å²) in [5.41, 5.74) is 0.0351. The van der Waals surface area contributed by atoms with E-state index in [-0.39, 0.29) is 6.61 Å². The minimum atomic E-state index is -4.34. The van der Waals surface area contributed by atoms with Gasteiger partial charge >= 0.3 is 6.18 Å². The van der Waals surface area contributed by atoms with E-state index < -0.39 is 11.7 Å². The number of alkyl halides is 3. The number of nitrogens with zero attached hydrogens (tertiary/aromatic N) is 1. The molecule has 0 fully saturated rings. The molecule has 0 spiro atoms. The smallest absolute Gasteiger partial charge is 0.416 e. The highest BCUT2D eigenvalue weighted by Gasteiger charge is 2.30. The zero-order chi connectivity index (χ0) is 16.4. The summed E-state index contributed by atoms with van der Waals surface area (Å²) in [6.45, 7) is 0.185. The molecule has 1 heterocycles. The fraction of sp³-hybridized carbons (Fsp3) is 0.118. The van der Waals surface area contributed by atoms with Gasteiger partial charge in [-0.2, -0.15) is 13.2 Å². The van der Waals surface area contributed by atoms with Crippen molar-refractivity contribution in [3.8, 4) is 5.75 Å². The molecule has 1 aromatic heterocycles. The molecule has 2 nitrogen and oxygen atoms in total. The lowest BCUT2D eigenvalue weighted by molar-refractivity contribution is -0.137. The van der Waals surface area contributed by atoms with Gasteiger partial charge < -0.3 is 4.74 Å². The van der Waals surface area contributed by atoms with E-state index in [0.717, 1.165) is 33.1 Å². The maximum Gasteiger partial charge on any atom is 0.416 e. The van der Waals surface area contributed by atoms with Crippen LogP contribution in [0.4, 0.5) is 13.2 Å². The van der Waals surface area contributed by atoms with E-state index in [0.29, 0.717) is 5.75 Å². The fourth-order valence-corrected chi connectivity index (χ4v) is 2.60. The largest absolute Gasteiger partial charge is 0.487 e. The molecule has 118 valence electrons. The Hall–Kier alpha value is -2.08. The number of rotatable bonds is 3. The van der Waals surface area contributed by atoms with Gasteiger partial charge in [0.2, 0.25) is 0 Å². The second kappa shape index (κ2) is 6.20. The summed E-state index contributed by atoms with van der Waals surface area (Å²) >= 11 is 3.41. The Morgan fingerprint density at radius 2 is 1.74 bits per heavy atom. The second-order valence-corrected chi connectivity index (χ2v) is 5.85. The molecule has 0 amide bonds. The van der Waals surface area contributed by atoms with Gasteiger partial charge in [0.25, 0.3) is 0 Å². The van der Waals surface area contributed by atoms with Gasteiger partial charge in [0.1, 0.15) is 12.4 Å². The van der Waals surface area contributed by atoms with Crippen LogP contribution in [0.15, 0.2) is 59.2 Å². The molecule has 23 heavy (non-hydrogen) atoms. The maximum absolute atomic E-state index is 12.5. The minimum Gasteiger partial charge on any atom is -0.487 e. The summed E-state index contributed by atoms with van der Waals surface area (Å²) in [4.78, 5) is 4.29. The first kappa shape index (κ1) is 15.8. The van der Waals surface area contributed by atoms with Crippen LogP contribution < -0.4 is 4.74 Å².